The number of hydrogen-bond donors (Lipinski definition) is 2. The molecule has 0 atom stereocenters. The number of nitrogens with zero attached hydrogens (tertiary/aromatic N) is 3. The van der Waals surface area contributed by atoms with Crippen LogP contribution in [0, 0.1) is 0 Å². The third-order valence-electron chi connectivity index (χ3n) is 2.99. The second-order valence-electron chi connectivity index (χ2n) is 4.10. The molecule has 0 saturated heterocycles. The highest BCUT2D eigenvalue weighted by Gasteiger charge is 2.17. The van der Waals surface area contributed by atoms with Crippen molar-refractivity contribution in [2.45, 2.75) is 0 Å². The molecule has 7 heteroatoms. The quantitative estimate of drug-likeness (QED) is 0.751. The lowest BCUT2D eigenvalue weighted by Gasteiger charge is -2.12. The first-order valence-corrected chi connectivity index (χ1v) is 5.92. The third-order valence-corrected chi connectivity index (χ3v) is 2.99. The van der Waals surface area contributed by atoms with Crippen LogP contribution in [-0.4, -0.2) is 34.4 Å². The first kappa shape index (κ1) is 12.2. The highest BCUT2D eigenvalue weighted by atomic mass is 16.5. The van der Waals surface area contributed by atoms with Crippen LogP contribution in [0.4, 0.5) is 5.95 Å². The van der Waals surface area contributed by atoms with Crippen LogP contribution in [0.15, 0.2) is 24.4 Å². The Kier molecular flexibility index (Phi) is 2.86. The summed E-state index contributed by atoms with van der Waals surface area (Å²) in [6, 6.07) is 5.57. The summed E-state index contributed by atoms with van der Waals surface area (Å²) in [5, 5.41) is 7.52. The first-order chi connectivity index (χ1) is 9.74. The molecule has 0 bridgehead atoms. The van der Waals surface area contributed by atoms with Gasteiger partial charge in [-0.25, -0.2) is 4.98 Å². The van der Waals surface area contributed by atoms with Crippen LogP contribution in [0.1, 0.15) is 0 Å². The number of fused-ring (bicyclic) bond motifs is 1. The van der Waals surface area contributed by atoms with E-state index in [-0.39, 0.29) is 5.95 Å². The lowest BCUT2D eigenvalue weighted by molar-refractivity contribution is 0.356. The van der Waals surface area contributed by atoms with E-state index in [2.05, 4.69) is 20.2 Å². The van der Waals surface area contributed by atoms with Gasteiger partial charge in [0.1, 0.15) is 0 Å². The first-order valence-electron chi connectivity index (χ1n) is 5.92. The summed E-state index contributed by atoms with van der Waals surface area (Å²) in [5.74, 6) is 1.39. The number of anilines is 1. The number of aromatic amines is 1. The lowest BCUT2D eigenvalue weighted by Crippen LogP contribution is -1.99. The standard InChI is InChI=1S/C13H13N5O2/c1-19-9-5-3-4-7(11(9)20-2)10-8-6-15-18-12(8)17-13(14)16-10/h3-6H,1-2H3,(H3,14,15,16,17,18). The topological polar surface area (TPSA) is 98.9 Å². The number of nitrogen functional groups attached to an aromatic ring is 1. The molecule has 3 N–H and O–H groups in total. The van der Waals surface area contributed by atoms with Crippen LogP contribution < -0.4 is 15.2 Å². The molecule has 3 rings (SSSR count). The number of H-pyrrole nitrogens is 1. The van der Waals surface area contributed by atoms with Gasteiger partial charge >= 0.3 is 0 Å². The van der Waals surface area contributed by atoms with E-state index >= 15 is 0 Å². The van der Waals surface area contributed by atoms with Gasteiger partial charge in [-0.2, -0.15) is 10.1 Å². The molecule has 0 aliphatic carbocycles. The van der Waals surface area contributed by atoms with Crippen molar-refractivity contribution in [3.8, 4) is 22.8 Å². The molecule has 2 heterocycles. The summed E-state index contributed by atoms with van der Waals surface area (Å²) < 4.78 is 10.7. The summed E-state index contributed by atoms with van der Waals surface area (Å²) in [4.78, 5) is 8.40. The smallest absolute Gasteiger partial charge is 0.222 e. The van der Waals surface area contributed by atoms with Gasteiger partial charge in [0.25, 0.3) is 0 Å². The number of methoxy groups -OCH3 is 2. The summed E-state index contributed by atoms with van der Waals surface area (Å²) >= 11 is 0. The zero-order chi connectivity index (χ0) is 14.1. The van der Waals surface area contributed by atoms with Crippen molar-refractivity contribution in [1.29, 1.82) is 0 Å². The van der Waals surface area contributed by atoms with Crippen molar-refractivity contribution in [2.24, 2.45) is 0 Å². The molecule has 7 nitrogen and oxygen atoms in total. The van der Waals surface area contributed by atoms with Gasteiger partial charge < -0.3 is 15.2 Å². The van der Waals surface area contributed by atoms with Crippen molar-refractivity contribution >= 4 is 17.0 Å². The SMILES string of the molecule is COc1cccc(-c2nc(N)nc3[nH]ncc23)c1OC. The van der Waals surface area contributed by atoms with Gasteiger partial charge in [0, 0.05) is 5.56 Å². The van der Waals surface area contributed by atoms with E-state index in [1.54, 1.807) is 20.4 Å². The predicted molar refractivity (Wildman–Crippen MR) is 74.6 cm³/mol. The molecule has 1 aromatic carbocycles. The van der Waals surface area contributed by atoms with Crippen LogP contribution in [-0.2, 0) is 0 Å². The Balaban J connectivity index is 2.33. The lowest BCUT2D eigenvalue weighted by atomic mass is 10.1. The van der Waals surface area contributed by atoms with Gasteiger partial charge in [0.15, 0.2) is 17.1 Å². The van der Waals surface area contributed by atoms with Gasteiger partial charge in [0.05, 0.1) is 31.5 Å². The molecule has 0 spiro atoms. The van der Waals surface area contributed by atoms with E-state index in [9.17, 15) is 0 Å². The fourth-order valence-corrected chi connectivity index (χ4v) is 2.13. The van der Waals surface area contributed by atoms with E-state index in [1.165, 1.54) is 0 Å². The van der Waals surface area contributed by atoms with Crippen LogP contribution in [0.25, 0.3) is 22.3 Å². The number of para-hydroxylation sites is 1. The Labute approximate surface area is 114 Å². The molecule has 3 aromatic rings. The van der Waals surface area contributed by atoms with Crippen molar-refractivity contribution in [1.82, 2.24) is 20.2 Å². The Morgan fingerprint density at radius 3 is 2.75 bits per heavy atom. The zero-order valence-corrected chi connectivity index (χ0v) is 11.0. The van der Waals surface area contributed by atoms with Crippen molar-refractivity contribution < 1.29 is 9.47 Å². The largest absolute Gasteiger partial charge is 0.493 e. The van der Waals surface area contributed by atoms with Crippen LogP contribution in [0.2, 0.25) is 0 Å². The molecule has 0 unspecified atom stereocenters. The number of hydrogen-bond acceptors (Lipinski definition) is 6. The van der Waals surface area contributed by atoms with Crippen LogP contribution in [0.5, 0.6) is 11.5 Å². The Morgan fingerprint density at radius 1 is 1.15 bits per heavy atom. The fourth-order valence-electron chi connectivity index (χ4n) is 2.13. The normalized spacial score (nSPS) is 10.7. The molecular formula is C13H13N5O2. The van der Waals surface area contributed by atoms with Crippen molar-refractivity contribution in [2.75, 3.05) is 20.0 Å². The van der Waals surface area contributed by atoms with Gasteiger partial charge in [-0.1, -0.05) is 6.07 Å². The average molecular weight is 271 g/mol. The Bertz CT molecular complexity index is 769. The molecule has 2 aromatic heterocycles. The summed E-state index contributed by atoms with van der Waals surface area (Å²) in [5.41, 5.74) is 7.74. The maximum atomic E-state index is 5.74. The molecule has 102 valence electrons. The van der Waals surface area contributed by atoms with E-state index in [0.717, 1.165) is 10.9 Å². The monoisotopic (exact) mass is 271 g/mol. The van der Waals surface area contributed by atoms with E-state index in [1.807, 2.05) is 18.2 Å². The molecule has 0 aliphatic heterocycles. The van der Waals surface area contributed by atoms with Gasteiger partial charge in [-0.15, -0.1) is 0 Å². The maximum Gasteiger partial charge on any atom is 0.222 e. The summed E-state index contributed by atoms with van der Waals surface area (Å²) in [6.45, 7) is 0. The molecule has 0 aliphatic rings. The minimum atomic E-state index is 0.168. The number of nitrogens with two attached hydrogens (primary N) is 1. The van der Waals surface area contributed by atoms with Crippen molar-refractivity contribution in [3.05, 3.63) is 24.4 Å². The van der Waals surface area contributed by atoms with Gasteiger partial charge in [0.2, 0.25) is 5.95 Å². The van der Waals surface area contributed by atoms with E-state index in [4.69, 9.17) is 15.2 Å². The number of ether oxygens (including phenoxy) is 2. The van der Waals surface area contributed by atoms with Crippen molar-refractivity contribution in [3.63, 3.8) is 0 Å². The number of rotatable bonds is 3. The highest BCUT2D eigenvalue weighted by Crippen LogP contribution is 2.39. The number of nitrogens with one attached hydrogen (secondary N) is 1. The second-order valence-corrected chi connectivity index (χ2v) is 4.10. The minimum Gasteiger partial charge on any atom is -0.493 e. The molecule has 0 amide bonds. The number of aromatic nitrogens is 4. The third kappa shape index (κ3) is 1.80. The zero-order valence-electron chi connectivity index (χ0n) is 11.0. The fraction of sp³-hybridized carbons (Fsp3) is 0.154. The summed E-state index contributed by atoms with van der Waals surface area (Å²) in [7, 11) is 3.17. The maximum absolute atomic E-state index is 5.74. The summed E-state index contributed by atoms with van der Waals surface area (Å²) in [6.07, 6.45) is 1.66. The minimum absolute atomic E-state index is 0.168. The Hall–Kier alpha value is -2.83. The molecule has 0 fully saturated rings. The van der Waals surface area contributed by atoms with E-state index < -0.39 is 0 Å². The Morgan fingerprint density at radius 2 is 2.00 bits per heavy atom. The van der Waals surface area contributed by atoms with Gasteiger partial charge in [-0.3, -0.25) is 5.10 Å². The van der Waals surface area contributed by atoms with E-state index in [0.29, 0.717) is 22.8 Å². The highest BCUT2D eigenvalue weighted by molar-refractivity contribution is 5.93. The second kappa shape index (κ2) is 4.69. The average Bonchev–Trinajstić information content (AvgIpc) is 2.93. The number of benzene rings is 1. The molecular weight excluding hydrogens is 258 g/mol. The molecule has 0 saturated carbocycles. The van der Waals surface area contributed by atoms with Crippen LogP contribution in [0.3, 0.4) is 0 Å². The van der Waals surface area contributed by atoms with Crippen LogP contribution >= 0.6 is 0 Å². The molecule has 20 heavy (non-hydrogen) atoms. The van der Waals surface area contributed by atoms with Gasteiger partial charge in [-0.05, 0) is 12.1 Å². The predicted octanol–water partition coefficient (Wildman–Crippen LogP) is 1.62. The molecule has 0 radical (unpaired) electrons.